The fraction of sp³-hybridized carbons (Fsp3) is 0.500. The van der Waals surface area contributed by atoms with Crippen molar-refractivity contribution in [2.24, 2.45) is 5.92 Å². The third-order valence-electron chi connectivity index (χ3n) is 1.93. The van der Waals surface area contributed by atoms with Gasteiger partial charge in [0.25, 0.3) is 0 Å². The molecule has 1 aliphatic rings. The number of rotatable bonds is 2. The zero-order valence-corrected chi connectivity index (χ0v) is 6.97. The van der Waals surface area contributed by atoms with Crippen molar-refractivity contribution < 1.29 is 4.79 Å². The SMILES string of the molecule is C=CCC1=CC(=O)CC(C)C1. The van der Waals surface area contributed by atoms with Crippen LogP contribution in [0.5, 0.6) is 0 Å². The standard InChI is InChI=1S/C10H14O/c1-3-4-9-5-8(2)6-10(11)7-9/h3,7-8H,1,4-6H2,2H3. The van der Waals surface area contributed by atoms with E-state index in [0.29, 0.717) is 5.92 Å². The van der Waals surface area contributed by atoms with E-state index in [0.717, 1.165) is 19.3 Å². The molecule has 0 saturated heterocycles. The maximum absolute atomic E-state index is 11.0. The molecular weight excluding hydrogens is 136 g/mol. The molecule has 0 N–H and O–H groups in total. The maximum Gasteiger partial charge on any atom is 0.155 e. The molecule has 1 heteroatoms. The van der Waals surface area contributed by atoms with Gasteiger partial charge in [0.1, 0.15) is 0 Å². The molecule has 0 heterocycles. The van der Waals surface area contributed by atoms with E-state index in [2.05, 4.69) is 13.5 Å². The van der Waals surface area contributed by atoms with Crippen molar-refractivity contribution in [1.82, 2.24) is 0 Å². The number of allylic oxidation sites excluding steroid dienone is 3. The van der Waals surface area contributed by atoms with Crippen molar-refractivity contribution in [3.05, 3.63) is 24.3 Å². The van der Waals surface area contributed by atoms with E-state index in [1.165, 1.54) is 5.57 Å². The summed E-state index contributed by atoms with van der Waals surface area (Å²) in [5.74, 6) is 0.808. The molecule has 0 spiro atoms. The summed E-state index contributed by atoms with van der Waals surface area (Å²) in [5.41, 5.74) is 1.24. The Kier molecular flexibility index (Phi) is 2.64. The van der Waals surface area contributed by atoms with E-state index in [1.807, 2.05) is 6.08 Å². The van der Waals surface area contributed by atoms with Gasteiger partial charge in [-0.05, 0) is 24.8 Å². The molecule has 60 valence electrons. The highest BCUT2D eigenvalue weighted by molar-refractivity contribution is 5.91. The van der Waals surface area contributed by atoms with Gasteiger partial charge in [0.05, 0.1) is 0 Å². The normalized spacial score (nSPS) is 24.6. The second kappa shape index (κ2) is 3.51. The van der Waals surface area contributed by atoms with Crippen LogP contribution in [0, 0.1) is 5.92 Å². The summed E-state index contributed by atoms with van der Waals surface area (Å²) >= 11 is 0. The third kappa shape index (κ3) is 2.34. The lowest BCUT2D eigenvalue weighted by molar-refractivity contribution is -0.115. The highest BCUT2D eigenvalue weighted by atomic mass is 16.1. The fourth-order valence-corrected chi connectivity index (χ4v) is 1.54. The predicted octanol–water partition coefficient (Wildman–Crippen LogP) is 2.49. The average molecular weight is 150 g/mol. The first-order chi connectivity index (χ1) is 5.22. The van der Waals surface area contributed by atoms with E-state index in [9.17, 15) is 4.79 Å². The summed E-state index contributed by atoms with van der Waals surface area (Å²) in [5, 5.41) is 0. The van der Waals surface area contributed by atoms with Gasteiger partial charge in [-0.2, -0.15) is 0 Å². The smallest absolute Gasteiger partial charge is 0.155 e. The van der Waals surface area contributed by atoms with Crippen LogP contribution in [0.3, 0.4) is 0 Å². The summed E-state index contributed by atoms with van der Waals surface area (Å²) in [4.78, 5) is 11.0. The molecule has 1 atom stereocenters. The van der Waals surface area contributed by atoms with E-state index in [-0.39, 0.29) is 5.78 Å². The molecule has 0 aromatic rings. The Hall–Kier alpha value is -0.850. The van der Waals surface area contributed by atoms with Gasteiger partial charge < -0.3 is 0 Å². The van der Waals surface area contributed by atoms with Crippen LogP contribution in [0.15, 0.2) is 24.3 Å². The van der Waals surface area contributed by atoms with E-state index >= 15 is 0 Å². The Balaban J connectivity index is 2.63. The molecule has 0 aliphatic heterocycles. The molecule has 0 amide bonds. The highest BCUT2D eigenvalue weighted by Crippen LogP contribution is 2.23. The van der Waals surface area contributed by atoms with Crippen LogP contribution in [-0.4, -0.2) is 5.78 Å². The Morgan fingerprint density at radius 1 is 1.73 bits per heavy atom. The highest BCUT2D eigenvalue weighted by Gasteiger charge is 2.15. The number of carbonyl (C=O) groups is 1. The van der Waals surface area contributed by atoms with Gasteiger partial charge in [0.15, 0.2) is 5.78 Å². The number of carbonyl (C=O) groups excluding carboxylic acids is 1. The van der Waals surface area contributed by atoms with Gasteiger partial charge >= 0.3 is 0 Å². The Morgan fingerprint density at radius 2 is 2.45 bits per heavy atom. The van der Waals surface area contributed by atoms with Gasteiger partial charge in [-0.1, -0.05) is 18.6 Å². The van der Waals surface area contributed by atoms with Crippen molar-refractivity contribution in [2.45, 2.75) is 26.2 Å². The first kappa shape index (κ1) is 8.25. The van der Waals surface area contributed by atoms with Gasteiger partial charge in [-0.3, -0.25) is 4.79 Å². The van der Waals surface area contributed by atoms with Crippen LogP contribution in [0.4, 0.5) is 0 Å². The molecule has 1 nitrogen and oxygen atoms in total. The summed E-state index contributed by atoms with van der Waals surface area (Å²) in [6.45, 7) is 5.77. The number of hydrogen-bond donors (Lipinski definition) is 0. The molecule has 1 unspecified atom stereocenters. The third-order valence-corrected chi connectivity index (χ3v) is 1.93. The zero-order chi connectivity index (χ0) is 8.27. The van der Waals surface area contributed by atoms with Crippen molar-refractivity contribution in [3.63, 3.8) is 0 Å². The lowest BCUT2D eigenvalue weighted by Crippen LogP contribution is -2.10. The fourth-order valence-electron chi connectivity index (χ4n) is 1.54. The van der Waals surface area contributed by atoms with Gasteiger partial charge in [0.2, 0.25) is 0 Å². The molecule has 0 aromatic carbocycles. The van der Waals surface area contributed by atoms with Crippen LogP contribution >= 0.6 is 0 Å². The van der Waals surface area contributed by atoms with Crippen LogP contribution in [0.2, 0.25) is 0 Å². The molecule has 1 aliphatic carbocycles. The second-order valence-electron chi connectivity index (χ2n) is 3.28. The Morgan fingerprint density at radius 3 is 3.00 bits per heavy atom. The zero-order valence-electron chi connectivity index (χ0n) is 6.97. The van der Waals surface area contributed by atoms with Crippen molar-refractivity contribution >= 4 is 5.78 Å². The van der Waals surface area contributed by atoms with Crippen molar-refractivity contribution in [1.29, 1.82) is 0 Å². The monoisotopic (exact) mass is 150 g/mol. The lowest BCUT2D eigenvalue weighted by atomic mass is 9.88. The Labute approximate surface area is 67.8 Å². The van der Waals surface area contributed by atoms with Gasteiger partial charge in [0, 0.05) is 6.42 Å². The second-order valence-corrected chi connectivity index (χ2v) is 3.28. The first-order valence-electron chi connectivity index (χ1n) is 4.05. The van der Waals surface area contributed by atoms with E-state index in [1.54, 1.807) is 6.08 Å². The van der Waals surface area contributed by atoms with Crippen LogP contribution in [0.25, 0.3) is 0 Å². The predicted molar refractivity (Wildman–Crippen MR) is 46.3 cm³/mol. The minimum Gasteiger partial charge on any atom is -0.295 e. The topological polar surface area (TPSA) is 17.1 Å². The summed E-state index contributed by atoms with van der Waals surface area (Å²) in [7, 11) is 0. The molecular formula is C10H14O. The summed E-state index contributed by atoms with van der Waals surface area (Å²) < 4.78 is 0. The number of hydrogen-bond acceptors (Lipinski definition) is 1. The van der Waals surface area contributed by atoms with Crippen molar-refractivity contribution in [3.8, 4) is 0 Å². The summed E-state index contributed by atoms with van der Waals surface area (Å²) in [6.07, 6.45) is 6.30. The minimum absolute atomic E-state index is 0.278. The van der Waals surface area contributed by atoms with Crippen molar-refractivity contribution in [2.75, 3.05) is 0 Å². The quantitative estimate of drug-likeness (QED) is 0.553. The molecule has 11 heavy (non-hydrogen) atoms. The molecule has 0 saturated carbocycles. The van der Waals surface area contributed by atoms with Crippen LogP contribution < -0.4 is 0 Å². The molecule has 0 radical (unpaired) electrons. The van der Waals surface area contributed by atoms with Crippen LogP contribution in [0.1, 0.15) is 26.2 Å². The average Bonchev–Trinajstić information content (AvgIpc) is 1.85. The van der Waals surface area contributed by atoms with E-state index < -0.39 is 0 Å². The molecule has 0 fully saturated rings. The lowest BCUT2D eigenvalue weighted by Gasteiger charge is -2.16. The molecule has 1 rings (SSSR count). The first-order valence-corrected chi connectivity index (χ1v) is 4.05. The van der Waals surface area contributed by atoms with Gasteiger partial charge in [-0.25, -0.2) is 0 Å². The molecule has 0 bridgehead atoms. The summed E-state index contributed by atoms with van der Waals surface area (Å²) in [6, 6.07) is 0. The Bertz CT molecular complexity index is 201. The maximum atomic E-state index is 11.0. The largest absolute Gasteiger partial charge is 0.295 e. The van der Waals surface area contributed by atoms with E-state index in [4.69, 9.17) is 0 Å². The number of ketones is 1. The minimum atomic E-state index is 0.278. The van der Waals surface area contributed by atoms with Crippen LogP contribution in [-0.2, 0) is 4.79 Å². The van der Waals surface area contributed by atoms with Gasteiger partial charge in [-0.15, -0.1) is 6.58 Å². The molecule has 0 aromatic heterocycles.